The second-order valence-corrected chi connectivity index (χ2v) is 5.82. The van der Waals surface area contributed by atoms with Crippen LogP contribution in [0.1, 0.15) is 11.1 Å². The monoisotopic (exact) mass is 315 g/mol. The maximum atomic E-state index is 12.6. The minimum Gasteiger partial charge on any atom is -0.346 e. The number of ketones is 1. The Kier molecular flexibility index (Phi) is 3.71. The van der Waals surface area contributed by atoms with E-state index in [1.807, 2.05) is 71.7 Å². The van der Waals surface area contributed by atoms with Crippen LogP contribution in [0.5, 0.6) is 0 Å². The lowest BCUT2D eigenvalue weighted by Crippen LogP contribution is -2.09. The topological polar surface area (TPSA) is 50.7 Å². The zero-order chi connectivity index (χ0) is 16.4. The van der Waals surface area contributed by atoms with Crippen LogP contribution in [-0.4, -0.2) is 20.3 Å². The lowest BCUT2D eigenvalue weighted by atomic mass is 10.0. The number of carbonyl (C=O) groups excluding carboxylic acids is 1. The summed E-state index contributed by atoms with van der Waals surface area (Å²) in [6.07, 6.45) is 8.42. The number of benzene rings is 1. The summed E-state index contributed by atoms with van der Waals surface area (Å²) in [4.78, 5) is 20.0. The molecule has 0 bridgehead atoms. The third kappa shape index (κ3) is 2.74. The number of aromatic nitrogens is 3. The molecule has 4 nitrogen and oxygen atoms in total. The summed E-state index contributed by atoms with van der Waals surface area (Å²) >= 11 is 0. The number of Topliss-reactive ketones (excluding diaryl/α,β-unsaturated/α-hetero) is 1. The number of hydrogen-bond donors (Lipinski definition) is 1. The van der Waals surface area contributed by atoms with Crippen LogP contribution in [0.3, 0.4) is 0 Å². The zero-order valence-corrected chi connectivity index (χ0v) is 13.1. The van der Waals surface area contributed by atoms with Gasteiger partial charge in [0.2, 0.25) is 0 Å². The third-order valence-corrected chi connectivity index (χ3v) is 4.20. The molecule has 0 aliphatic heterocycles. The standard InChI is InChI=1S/C20H17N3O/c24-17(13-15-7-9-21-20-18(15)8-10-22-20)14-16-5-1-2-6-19(16)23-11-3-4-12-23/h1-12H,13-14H2,(H,21,22). The van der Waals surface area contributed by atoms with Gasteiger partial charge in [-0.15, -0.1) is 0 Å². The number of hydrogen-bond acceptors (Lipinski definition) is 2. The highest BCUT2D eigenvalue weighted by Gasteiger charge is 2.12. The van der Waals surface area contributed by atoms with Gasteiger partial charge in [0, 0.05) is 48.7 Å². The van der Waals surface area contributed by atoms with Crippen LogP contribution in [0.2, 0.25) is 0 Å². The van der Waals surface area contributed by atoms with Crippen molar-refractivity contribution in [2.75, 3.05) is 0 Å². The zero-order valence-electron chi connectivity index (χ0n) is 13.1. The molecule has 118 valence electrons. The SMILES string of the molecule is O=C(Cc1ccccc1-n1cccc1)Cc1ccnc2[nH]ccc12. The number of rotatable bonds is 5. The first-order valence-corrected chi connectivity index (χ1v) is 7.95. The number of para-hydroxylation sites is 1. The van der Waals surface area contributed by atoms with Gasteiger partial charge in [0.1, 0.15) is 11.4 Å². The number of H-pyrrole nitrogens is 1. The fraction of sp³-hybridized carbons (Fsp3) is 0.100. The molecule has 24 heavy (non-hydrogen) atoms. The molecule has 0 saturated carbocycles. The number of carbonyl (C=O) groups is 1. The highest BCUT2D eigenvalue weighted by molar-refractivity contribution is 5.89. The van der Waals surface area contributed by atoms with E-state index in [0.717, 1.165) is 27.8 Å². The van der Waals surface area contributed by atoms with Crippen LogP contribution in [0.15, 0.2) is 73.3 Å². The molecule has 1 N–H and O–H groups in total. The van der Waals surface area contributed by atoms with E-state index >= 15 is 0 Å². The quantitative estimate of drug-likeness (QED) is 0.610. The molecule has 0 aliphatic carbocycles. The maximum absolute atomic E-state index is 12.6. The van der Waals surface area contributed by atoms with Gasteiger partial charge in [0.15, 0.2) is 0 Å². The highest BCUT2D eigenvalue weighted by atomic mass is 16.1. The Hall–Kier alpha value is -3.14. The van der Waals surface area contributed by atoms with Gasteiger partial charge in [-0.05, 0) is 41.5 Å². The summed E-state index contributed by atoms with van der Waals surface area (Å²) in [5.74, 6) is 0.198. The number of pyridine rings is 1. The largest absolute Gasteiger partial charge is 0.346 e. The molecule has 0 amide bonds. The Bertz CT molecular complexity index is 983. The van der Waals surface area contributed by atoms with Gasteiger partial charge < -0.3 is 9.55 Å². The first-order valence-electron chi connectivity index (χ1n) is 7.95. The van der Waals surface area contributed by atoms with Gasteiger partial charge in [-0.3, -0.25) is 4.79 Å². The van der Waals surface area contributed by atoms with Crippen LogP contribution >= 0.6 is 0 Å². The average molecular weight is 315 g/mol. The van der Waals surface area contributed by atoms with Crippen molar-refractivity contribution in [3.8, 4) is 5.69 Å². The minimum absolute atomic E-state index is 0.198. The van der Waals surface area contributed by atoms with Crippen molar-refractivity contribution in [3.05, 3.63) is 84.4 Å². The van der Waals surface area contributed by atoms with Crippen molar-refractivity contribution < 1.29 is 4.79 Å². The van der Waals surface area contributed by atoms with E-state index in [1.54, 1.807) is 6.20 Å². The van der Waals surface area contributed by atoms with Crippen LogP contribution in [0, 0.1) is 0 Å². The van der Waals surface area contributed by atoms with Crippen molar-refractivity contribution >= 4 is 16.8 Å². The number of nitrogens with one attached hydrogen (secondary N) is 1. The van der Waals surface area contributed by atoms with Crippen LogP contribution < -0.4 is 0 Å². The molecule has 0 unspecified atom stereocenters. The lowest BCUT2D eigenvalue weighted by Gasteiger charge is -2.10. The van der Waals surface area contributed by atoms with E-state index < -0.39 is 0 Å². The maximum Gasteiger partial charge on any atom is 0.141 e. The molecule has 3 heterocycles. The number of fused-ring (bicyclic) bond motifs is 1. The molecule has 0 saturated heterocycles. The smallest absolute Gasteiger partial charge is 0.141 e. The Morgan fingerprint density at radius 1 is 0.958 bits per heavy atom. The second-order valence-electron chi connectivity index (χ2n) is 5.82. The molecular formula is C20H17N3O. The molecule has 0 spiro atoms. The normalized spacial score (nSPS) is 11.0. The minimum atomic E-state index is 0.198. The molecule has 3 aromatic heterocycles. The van der Waals surface area contributed by atoms with Gasteiger partial charge in [-0.2, -0.15) is 0 Å². The van der Waals surface area contributed by atoms with Crippen LogP contribution in [0.4, 0.5) is 0 Å². The van der Waals surface area contributed by atoms with Crippen LogP contribution in [0.25, 0.3) is 16.7 Å². The molecule has 4 heteroatoms. The Labute approximate surface area is 139 Å². The van der Waals surface area contributed by atoms with Crippen molar-refractivity contribution in [1.29, 1.82) is 0 Å². The predicted octanol–water partition coefficient (Wildman–Crippen LogP) is 3.71. The van der Waals surface area contributed by atoms with E-state index in [9.17, 15) is 4.79 Å². The van der Waals surface area contributed by atoms with Crippen molar-refractivity contribution in [2.24, 2.45) is 0 Å². The summed E-state index contributed by atoms with van der Waals surface area (Å²) in [7, 11) is 0. The third-order valence-electron chi connectivity index (χ3n) is 4.20. The number of aromatic amines is 1. The van der Waals surface area contributed by atoms with Gasteiger partial charge in [0.25, 0.3) is 0 Å². The van der Waals surface area contributed by atoms with Gasteiger partial charge in [0.05, 0.1) is 0 Å². The molecular weight excluding hydrogens is 298 g/mol. The average Bonchev–Trinajstić information content (AvgIpc) is 3.27. The lowest BCUT2D eigenvalue weighted by molar-refractivity contribution is -0.117. The predicted molar refractivity (Wildman–Crippen MR) is 94.3 cm³/mol. The van der Waals surface area contributed by atoms with E-state index in [1.165, 1.54) is 0 Å². The summed E-state index contributed by atoms with van der Waals surface area (Å²) in [6.45, 7) is 0. The van der Waals surface area contributed by atoms with Gasteiger partial charge >= 0.3 is 0 Å². The van der Waals surface area contributed by atoms with Crippen molar-refractivity contribution in [2.45, 2.75) is 12.8 Å². The summed E-state index contributed by atoms with van der Waals surface area (Å²) in [6, 6.07) is 15.9. The Morgan fingerprint density at radius 2 is 1.75 bits per heavy atom. The van der Waals surface area contributed by atoms with E-state index in [2.05, 4.69) is 9.97 Å². The second kappa shape index (κ2) is 6.16. The highest BCUT2D eigenvalue weighted by Crippen LogP contribution is 2.19. The summed E-state index contributed by atoms with van der Waals surface area (Å²) in [5, 5.41) is 1.02. The molecule has 4 rings (SSSR count). The summed E-state index contributed by atoms with van der Waals surface area (Å²) in [5.41, 5.74) is 3.94. The van der Waals surface area contributed by atoms with Crippen molar-refractivity contribution in [3.63, 3.8) is 0 Å². The summed E-state index contributed by atoms with van der Waals surface area (Å²) < 4.78 is 2.04. The molecule has 0 radical (unpaired) electrons. The Morgan fingerprint density at radius 3 is 2.62 bits per heavy atom. The fourth-order valence-corrected chi connectivity index (χ4v) is 3.07. The molecule has 0 atom stereocenters. The molecule has 0 aliphatic rings. The van der Waals surface area contributed by atoms with E-state index in [-0.39, 0.29) is 5.78 Å². The molecule has 1 aromatic carbocycles. The molecule has 4 aromatic rings. The molecule has 0 fully saturated rings. The van der Waals surface area contributed by atoms with Gasteiger partial charge in [-0.1, -0.05) is 18.2 Å². The first-order chi connectivity index (χ1) is 11.8. The fourth-order valence-electron chi connectivity index (χ4n) is 3.07. The first kappa shape index (κ1) is 14.5. The van der Waals surface area contributed by atoms with E-state index in [0.29, 0.717) is 12.8 Å². The van der Waals surface area contributed by atoms with Crippen LogP contribution in [-0.2, 0) is 17.6 Å². The van der Waals surface area contributed by atoms with E-state index in [4.69, 9.17) is 0 Å². The van der Waals surface area contributed by atoms with Gasteiger partial charge in [-0.25, -0.2) is 4.98 Å². The number of nitrogens with zero attached hydrogens (tertiary/aromatic N) is 2. The van der Waals surface area contributed by atoms with Crippen molar-refractivity contribution in [1.82, 2.24) is 14.5 Å². The Balaban J connectivity index is 1.58.